The van der Waals surface area contributed by atoms with Gasteiger partial charge in [-0.25, -0.2) is 4.98 Å². The molecule has 29 heavy (non-hydrogen) atoms. The highest BCUT2D eigenvalue weighted by Crippen LogP contribution is 2.30. The second-order valence-electron chi connectivity index (χ2n) is 8.86. The number of hydrogen-bond donors (Lipinski definition) is 1. The normalized spacial score (nSPS) is 17.7. The lowest BCUT2D eigenvalue weighted by atomic mass is 10.1. The van der Waals surface area contributed by atoms with Gasteiger partial charge in [-0.15, -0.1) is 11.3 Å². The van der Waals surface area contributed by atoms with Crippen LogP contribution in [0.25, 0.3) is 0 Å². The van der Waals surface area contributed by atoms with Crippen molar-refractivity contribution in [1.29, 1.82) is 0 Å². The van der Waals surface area contributed by atoms with Crippen LogP contribution in [0, 0.1) is 18.8 Å². The van der Waals surface area contributed by atoms with Crippen LogP contribution in [-0.2, 0) is 6.42 Å². The first-order chi connectivity index (χ1) is 14.0. The van der Waals surface area contributed by atoms with Crippen LogP contribution in [0.1, 0.15) is 47.1 Å². The number of carbonyl (C=O) groups excluding carboxylic acids is 1. The number of nitrogens with one attached hydrogen (secondary N) is 1. The number of nitrogens with zero attached hydrogens (tertiary/aromatic N) is 3. The van der Waals surface area contributed by atoms with Crippen LogP contribution >= 0.6 is 11.3 Å². The number of benzene rings is 1. The van der Waals surface area contributed by atoms with Crippen LogP contribution in [0.5, 0.6) is 0 Å². The molecule has 5 nitrogen and oxygen atoms in total. The molecule has 1 saturated carbocycles. The van der Waals surface area contributed by atoms with E-state index in [1.807, 2.05) is 19.1 Å². The molecule has 0 spiro atoms. The Labute approximate surface area is 178 Å². The number of hydrogen-bond acceptors (Lipinski definition) is 5. The van der Waals surface area contributed by atoms with Crippen LogP contribution in [0.3, 0.4) is 0 Å². The van der Waals surface area contributed by atoms with Crippen LogP contribution in [0.2, 0.25) is 0 Å². The van der Waals surface area contributed by atoms with Gasteiger partial charge in [-0.2, -0.15) is 0 Å². The van der Waals surface area contributed by atoms with Gasteiger partial charge < -0.3 is 10.2 Å². The maximum Gasteiger partial charge on any atom is 0.267 e. The maximum atomic E-state index is 12.8. The second-order valence-corrected chi connectivity index (χ2v) is 9.94. The minimum Gasteiger partial charge on any atom is -0.369 e. The Morgan fingerprint density at radius 3 is 2.69 bits per heavy atom. The van der Waals surface area contributed by atoms with Gasteiger partial charge in [0.1, 0.15) is 4.88 Å². The molecular formula is C23H32N4OS. The fourth-order valence-electron chi connectivity index (χ4n) is 3.92. The Kier molecular flexibility index (Phi) is 6.20. The van der Waals surface area contributed by atoms with E-state index >= 15 is 0 Å². The largest absolute Gasteiger partial charge is 0.369 e. The number of amides is 1. The van der Waals surface area contributed by atoms with Crippen molar-refractivity contribution in [3.05, 3.63) is 39.8 Å². The number of rotatable bonds is 7. The predicted octanol–water partition coefficient (Wildman–Crippen LogP) is 4.43. The lowest BCUT2D eigenvalue weighted by molar-refractivity contribution is 0.103. The average molecular weight is 413 g/mol. The minimum absolute atomic E-state index is 0.0543. The Balaban J connectivity index is 1.37. The predicted molar refractivity (Wildman–Crippen MR) is 121 cm³/mol. The maximum absolute atomic E-state index is 12.8. The second kappa shape index (κ2) is 8.84. The molecule has 0 atom stereocenters. The van der Waals surface area contributed by atoms with Gasteiger partial charge in [-0.05, 0) is 49.8 Å². The standard InChI is InChI=1S/C23H32N4OS/c1-16(2)13-21-24-17(3)22(29-21)23(28)25-19-5-4-6-20(14-19)27-11-9-26(10-12-27)15-18-7-8-18/h4-6,14,16,18H,7-13,15H2,1-3H3,(H,25,28). The van der Waals surface area contributed by atoms with Gasteiger partial charge in [0, 0.05) is 50.5 Å². The van der Waals surface area contributed by atoms with Gasteiger partial charge in [0.25, 0.3) is 5.91 Å². The molecule has 2 aromatic rings. The average Bonchev–Trinajstić information content (AvgIpc) is 3.42. The number of aromatic nitrogens is 1. The van der Waals surface area contributed by atoms with E-state index in [2.05, 4.69) is 46.1 Å². The van der Waals surface area contributed by atoms with E-state index in [4.69, 9.17) is 0 Å². The van der Waals surface area contributed by atoms with E-state index in [-0.39, 0.29) is 5.91 Å². The molecule has 1 aliphatic carbocycles. The third kappa shape index (κ3) is 5.37. The first-order valence-electron chi connectivity index (χ1n) is 10.8. The van der Waals surface area contributed by atoms with Crippen molar-refractivity contribution in [1.82, 2.24) is 9.88 Å². The van der Waals surface area contributed by atoms with E-state index in [1.54, 1.807) is 0 Å². The molecule has 0 unspecified atom stereocenters. The third-order valence-corrected chi connectivity index (χ3v) is 6.86. The summed E-state index contributed by atoms with van der Waals surface area (Å²) in [6, 6.07) is 8.24. The summed E-state index contributed by atoms with van der Waals surface area (Å²) in [5.41, 5.74) is 2.87. The Morgan fingerprint density at radius 1 is 1.24 bits per heavy atom. The molecule has 1 N–H and O–H groups in total. The zero-order chi connectivity index (χ0) is 20.4. The number of aryl methyl sites for hydroxylation is 1. The van der Waals surface area contributed by atoms with Crippen molar-refractivity contribution < 1.29 is 4.79 Å². The summed E-state index contributed by atoms with van der Waals surface area (Å²) in [7, 11) is 0. The highest BCUT2D eigenvalue weighted by Gasteiger charge is 2.26. The SMILES string of the molecule is Cc1nc(CC(C)C)sc1C(=O)Nc1cccc(N2CCN(CC3CC3)CC2)c1. The molecule has 1 aromatic carbocycles. The summed E-state index contributed by atoms with van der Waals surface area (Å²) in [5, 5.41) is 4.12. The summed E-state index contributed by atoms with van der Waals surface area (Å²) in [6.07, 6.45) is 3.75. The molecule has 6 heteroatoms. The zero-order valence-electron chi connectivity index (χ0n) is 17.8. The fourth-order valence-corrected chi connectivity index (χ4v) is 5.09. The highest BCUT2D eigenvalue weighted by molar-refractivity contribution is 7.13. The Bertz CT molecular complexity index is 850. The number of thiazole rings is 1. The van der Waals surface area contributed by atoms with Crippen molar-refractivity contribution in [2.75, 3.05) is 42.9 Å². The number of anilines is 2. The Hall–Kier alpha value is -1.92. The quantitative estimate of drug-likeness (QED) is 0.731. The van der Waals surface area contributed by atoms with Crippen LogP contribution in [-0.4, -0.2) is 48.5 Å². The molecule has 2 heterocycles. The van der Waals surface area contributed by atoms with Crippen molar-refractivity contribution in [2.45, 2.75) is 40.0 Å². The van der Waals surface area contributed by atoms with Gasteiger partial charge >= 0.3 is 0 Å². The monoisotopic (exact) mass is 412 g/mol. The molecule has 156 valence electrons. The van der Waals surface area contributed by atoms with Crippen LogP contribution < -0.4 is 10.2 Å². The molecule has 1 amide bonds. The molecule has 0 radical (unpaired) electrons. The molecular weight excluding hydrogens is 380 g/mol. The zero-order valence-corrected chi connectivity index (χ0v) is 18.6. The van der Waals surface area contributed by atoms with E-state index in [0.29, 0.717) is 5.92 Å². The first-order valence-corrected chi connectivity index (χ1v) is 11.6. The summed E-state index contributed by atoms with van der Waals surface area (Å²) < 4.78 is 0. The number of piperazine rings is 1. The summed E-state index contributed by atoms with van der Waals surface area (Å²) in [4.78, 5) is 23.1. The molecule has 2 aliphatic rings. The molecule has 4 rings (SSSR count). The van der Waals surface area contributed by atoms with Crippen LogP contribution in [0.15, 0.2) is 24.3 Å². The minimum atomic E-state index is -0.0543. The van der Waals surface area contributed by atoms with Crippen molar-refractivity contribution >= 4 is 28.6 Å². The van der Waals surface area contributed by atoms with E-state index < -0.39 is 0 Å². The Morgan fingerprint density at radius 2 is 2.00 bits per heavy atom. The van der Waals surface area contributed by atoms with E-state index in [9.17, 15) is 4.79 Å². The smallest absolute Gasteiger partial charge is 0.267 e. The van der Waals surface area contributed by atoms with Crippen molar-refractivity contribution in [2.24, 2.45) is 11.8 Å². The lowest BCUT2D eigenvalue weighted by Gasteiger charge is -2.36. The van der Waals surface area contributed by atoms with E-state index in [0.717, 1.165) is 59.8 Å². The fraction of sp³-hybridized carbons (Fsp3) is 0.565. The van der Waals surface area contributed by atoms with Gasteiger partial charge in [-0.1, -0.05) is 19.9 Å². The van der Waals surface area contributed by atoms with Gasteiger partial charge in [0.15, 0.2) is 0 Å². The lowest BCUT2D eigenvalue weighted by Crippen LogP contribution is -2.47. The molecule has 1 saturated heterocycles. The van der Waals surface area contributed by atoms with Crippen molar-refractivity contribution in [3.8, 4) is 0 Å². The van der Waals surface area contributed by atoms with Gasteiger partial charge in [0.05, 0.1) is 10.7 Å². The molecule has 1 aromatic heterocycles. The molecule has 1 aliphatic heterocycles. The number of carbonyl (C=O) groups is 1. The van der Waals surface area contributed by atoms with Gasteiger partial charge in [-0.3, -0.25) is 9.69 Å². The van der Waals surface area contributed by atoms with Gasteiger partial charge in [0.2, 0.25) is 0 Å². The highest BCUT2D eigenvalue weighted by atomic mass is 32.1. The third-order valence-electron chi connectivity index (χ3n) is 5.68. The summed E-state index contributed by atoms with van der Waals surface area (Å²) in [6.45, 7) is 11.9. The van der Waals surface area contributed by atoms with Crippen LogP contribution in [0.4, 0.5) is 11.4 Å². The van der Waals surface area contributed by atoms with Crippen molar-refractivity contribution in [3.63, 3.8) is 0 Å². The molecule has 0 bridgehead atoms. The summed E-state index contributed by atoms with van der Waals surface area (Å²) in [5.74, 6) is 1.44. The first kappa shape index (κ1) is 20.4. The molecule has 2 fully saturated rings. The summed E-state index contributed by atoms with van der Waals surface area (Å²) >= 11 is 1.52. The topological polar surface area (TPSA) is 48.5 Å². The van der Waals surface area contributed by atoms with E-state index in [1.165, 1.54) is 36.4 Å².